The topological polar surface area (TPSA) is 93.0 Å². The summed E-state index contributed by atoms with van der Waals surface area (Å²) >= 11 is 1.49. The lowest BCUT2D eigenvalue weighted by atomic mass is 10.2. The normalized spacial score (nSPS) is 17.7. The highest BCUT2D eigenvalue weighted by Gasteiger charge is 2.26. The van der Waals surface area contributed by atoms with Gasteiger partial charge < -0.3 is 4.98 Å². The van der Waals surface area contributed by atoms with E-state index in [2.05, 4.69) is 16.0 Å². The van der Waals surface area contributed by atoms with Gasteiger partial charge in [-0.2, -0.15) is 5.26 Å². The van der Waals surface area contributed by atoms with Crippen molar-refractivity contribution in [2.75, 3.05) is 6.54 Å². The zero-order valence-corrected chi connectivity index (χ0v) is 15.4. The molecule has 1 saturated heterocycles. The van der Waals surface area contributed by atoms with Crippen LogP contribution in [-0.4, -0.2) is 37.9 Å². The molecule has 1 aliphatic rings. The maximum Gasteiger partial charge on any atom is 0.259 e. The number of nitrogens with one attached hydrogen (secondary N) is 1. The number of nitriles is 1. The van der Waals surface area contributed by atoms with Crippen molar-refractivity contribution >= 4 is 28.7 Å². The van der Waals surface area contributed by atoms with Crippen molar-refractivity contribution in [3.05, 3.63) is 48.0 Å². The Kier molecular flexibility index (Phi) is 4.84. The summed E-state index contributed by atoms with van der Waals surface area (Å²) in [6, 6.07) is 15.3. The first-order valence-electron chi connectivity index (χ1n) is 8.81. The Bertz CT molecular complexity index is 1020. The summed E-state index contributed by atoms with van der Waals surface area (Å²) in [5.41, 5.74) is 3.17. The Balaban J connectivity index is 1.53. The van der Waals surface area contributed by atoms with Crippen LogP contribution >= 0.6 is 11.8 Å². The summed E-state index contributed by atoms with van der Waals surface area (Å²) in [6.45, 7) is 0.411. The zero-order valence-electron chi connectivity index (χ0n) is 14.6. The van der Waals surface area contributed by atoms with Gasteiger partial charge in [-0.3, -0.25) is 10.0 Å². The van der Waals surface area contributed by atoms with Crippen LogP contribution in [0.1, 0.15) is 24.8 Å². The Morgan fingerprint density at radius 3 is 2.81 bits per heavy atom. The quantitative estimate of drug-likeness (QED) is 0.673. The number of fused-ring (bicyclic) bond motifs is 1. The Morgan fingerprint density at radius 1 is 1.22 bits per heavy atom. The number of H-pyrrole nitrogens is 1. The van der Waals surface area contributed by atoms with Crippen molar-refractivity contribution in [2.45, 2.75) is 29.4 Å². The Morgan fingerprint density at radius 2 is 2.04 bits per heavy atom. The third-order valence-electron chi connectivity index (χ3n) is 4.63. The van der Waals surface area contributed by atoms with Crippen molar-refractivity contribution in [2.24, 2.45) is 0 Å². The standard InChI is InChI=1S/C20H18N4O2S/c21-12-13-4-9-16-17(11-13)23-19(22-16)14-5-7-15(8-6-14)27-18-3-1-2-10-24(26)20(18)25/h4-9,11,18,26H,1-3,10H2,(H,22,23). The summed E-state index contributed by atoms with van der Waals surface area (Å²) in [4.78, 5) is 21.0. The first-order chi connectivity index (χ1) is 13.1. The molecular formula is C20H18N4O2S. The van der Waals surface area contributed by atoms with E-state index in [-0.39, 0.29) is 11.2 Å². The summed E-state index contributed by atoms with van der Waals surface area (Å²) in [5.74, 6) is 0.524. The average Bonchev–Trinajstić information content (AvgIpc) is 3.06. The molecule has 1 fully saturated rings. The highest BCUT2D eigenvalue weighted by atomic mass is 32.2. The molecule has 3 aromatic rings. The van der Waals surface area contributed by atoms with Gasteiger partial charge in [-0.25, -0.2) is 10.0 Å². The maximum atomic E-state index is 12.2. The van der Waals surface area contributed by atoms with Gasteiger partial charge in [0, 0.05) is 17.0 Å². The van der Waals surface area contributed by atoms with Crippen LogP contribution in [-0.2, 0) is 4.79 Å². The average molecular weight is 378 g/mol. The number of carbonyl (C=O) groups excluding carboxylic acids is 1. The van der Waals surface area contributed by atoms with Gasteiger partial charge in [0.2, 0.25) is 0 Å². The van der Waals surface area contributed by atoms with Gasteiger partial charge in [0.15, 0.2) is 0 Å². The van der Waals surface area contributed by atoms with E-state index in [1.165, 1.54) is 11.8 Å². The molecular weight excluding hydrogens is 360 g/mol. The van der Waals surface area contributed by atoms with Gasteiger partial charge in [0.25, 0.3) is 5.91 Å². The van der Waals surface area contributed by atoms with Crippen LogP contribution in [0.4, 0.5) is 0 Å². The first kappa shape index (κ1) is 17.6. The predicted molar refractivity (Wildman–Crippen MR) is 103 cm³/mol. The fraction of sp³-hybridized carbons (Fsp3) is 0.250. The second-order valence-corrected chi connectivity index (χ2v) is 7.79. The molecule has 2 heterocycles. The number of hydrogen-bond donors (Lipinski definition) is 2. The molecule has 1 aliphatic heterocycles. The van der Waals surface area contributed by atoms with E-state index in [9.17, 15) is 10.0 Å². The van der Waals surface area contributed by atoms with Crippen LogP contribution in [0.15, 0.2) is 47.4 Å². The molecule has 7 heteroatoms. The fourth-order valence-corrected chi connectivity index (χ4v) is 4.30. The number of carbonyl (C=O) groups is 1. The molecule has 136 valence electrons. The lowest BCUT2D eigenvalue weighted by molar-refractivity contribution is -0.163. The van der Waals surface area contributed by atoms with Gasteiger partial charge in [-0.1, -0.05) is 12.1 Å². The van der Waals surface area contributed by atoms with Crippen LogP contribution < -0.4 is 0 Å². The van der Waals surface area contributed by atoms with Gasteiger partial charge in [0.1, 0.15) is 5.82 Å². The molecule has 4 rings (SSSR count). The maximum absolute atomic E-state index is 12.2. The van der Waals surface area contributed by atoms with Crippen LogP contribution in [0.3, 0.4) is 0 Å². The van der Waals surface area contributed by atoms with Gasteiger partial charge in [0.05, 0.1) is 27.9 Å². The largest absolute Gasteiger partial charge is 0.338 e. The molecule has 1 unspecified atom stereocenters. The summed E-state index contributed by atoms with van der Waals surface area (Å²) in [6.07, 6.45) is 2.53. The Hall–Kier alpha value is -2.82. The molecule has 0 aliphatic carbocycles. The molecule has 6 nitrogen and oxygen atoms in total. The van der Waals surface area contributed by atoms with Gasteiger partial charge >= 0.3 is 0 Å². The molecule has 0 spiro atoms. The third-order valence-corrected chi connectivity index (χ3v) is 5.90. The number of hydroxylamine groups is 2. The molecule has 1 amide bonds. The predicted octanol–water partition coefficient (Wildman–Crippen LogP) is 3.96. The number of aromatic nitrogens is 2. The number of nitrogens with zero attached hydrogens (tertiary/aromatic N) is 3. The monoisotopic (exact) mass is 378 g/mol. The van der Waals surface area contributed by atoms with Crippen LogP contribution in [0.25, 0.3) is 22.4 Å². The van der Waals surface area contributed by atoms with E-state index in [1.54, 1.807) is 12.1 Å². The van der Waals surface area contributed by atoms with Crippen molar-refractivity contribution in [3.8, 4) is 17.5 Å². The summed E-state index contributed by atoms with van der Waals surface area (Å²) < 4.78 is 0. The van der Waals surface area contributed by atoms with E-state index in [0.717, 1.165) is 51.6 Å². The lowest BCUT2D eigenvalue weighted by Gasteiger charge is -2.17. The van der Waals surface area contributed by atoms with Crippen molar-refractivity contribution < 1.29 is 10.0 Å². The number of thioether (sulfide) groups is 1. The van der Waals surface area contributed by atoms with Crippen molar-refractivity contribution in [3.63, 3.8) is 0 Å². The van der Waals surface area contributed by atoms with Crippen molar-refractivity contribution in [1.82, 2.24) is 15.0 Å². The van der Waals surface area contributed by atoms with Gasteiger partial charge in [-0.05, 0) is 49.6 Å². The number of rotatable bonds is 3. The van der Waals surface area contributed by atoms with Crippen LogP contribution in [0.2, 0.25) is 0 Å². The van der Waals surface area contributed by atoms with E-state index in [1.807, 2.05) is 30.3 Å². The highest BCUT2D eigenvalue weighted by molar-refractivity contribution is 8.00. The SMILES string of the molecule is N#Cc1ccc2nc(-c3ccc(SC4CCCCN(O)C4=O)cc3)[nH]c2c1. The third kappa shape index (κ3) is 3.68. The molecule has 1 atom stereocenters. The molecule has 1 aromatic heterocycles. The fourth-order valence-electron chi connectivity index (χ4n) is 3.17. The number of imidazole rings is 1. The second kappa shape index (κ2) is 7.43. The van der Waals surface area contributed by atoms with Crippen LogP contribution in [0, 0.1) is 11.3 Å². The second-order valence-electron chi connectivity index (χ2n) is 6.52. The molecule has 0 saturated carbocycles. The number of benzene rings is 2. The van der Waals surface area contributed by atoms with E-state index >= 15 is 0 Å². The molecule has 2 N–H and O–H groups in total. The molecule has 2 aromatic carbocycles. The smallest absolute Gasteiger partial charge is 0.259 e. The minimum atomic E-state index is -0.251. The Labute approximate surface area is 160 Å². The van der Waals surface area contributed by atoms with E-state index in [4.69, 9.17) is 5.26 Å². The summed E-state index contributed by atoms with van der Waals surface area (Å²) in [5, 5.41) is 19.4. The number of hydrogen-bond acceptors (Lipinski definition) is 5. The highest BCUT2D eigenvalue weighted by Crippen LogP contribution is 2.31. The minimum Gasteiger partial charge on any atom is -0.338 e. The molecule has 0 bridgehead atoms. The number of amides is 1. The molecule has 27 heavy (non-hydrogen) atoms. The first-order valence-corrected chi connectivity index (χ1v) is 9.69. The van der Waals surface area contributed by atoms with E-state index in [0.29, 0.717) is 12.1 Å². The zero-order chi connectivity index (χ0) is 18.8. The summed E-state index contributed by atoms with van der Waals surface area (Å²) in [7, 11) is 0. The number of aromatic amines is 1. The lowest BCUT2D eigenvalue weighted by Crippen LogP contribution is -2.33. The van der Waals surface area contributed by atoms with E-state index < -0.39 is 0 Å². The van der Waals surface area contributed by atoms with Crippen LogP contribution in [0.5, 0.6) is 0 Å². The molecule has 0 radical (unpaired) electrons. The minimum absolute atomic E-state index is 0.216. The van der Waals surface area contributed by atoms with Crippen molar-refractivity contribution in [1.29, 1.82) is 5.26 Å². The van der Waals surface area contributed by atoms with Gasteiger partial charge in [-0.15, -0.1) is 11.8 Å².